The molecule has 0 heterocycles. The Bertz CT molecular complexity index is 889. The Morgan fingerprint density at radius 1 is 0.853 bits per heavy atom. The highest BCUT2D eigenvalue weighted by Gasteiger charge is 2.38. The second kappa shape index (κ2) is 13.6. The lowest BCUT2D eigenvalue weighted by molar-refractivity contribution is -0.192. The first kappa shape index (κ1) is 29.0. The van der Waals surface area contributed by atoms with Crippen LogP contribution in [0, 0.1) is 0 Å². The van der Waals surface area contributed by atoms with Crippen molar-refractivity contribution >= 4 is 11.9 Å². The van der Waals surface area contributed by atoms with Gasteiger partial charge in [0.15, 0.2) is 0 Å². The third kappa shape index (κ3) is 12.2. The lowest BCUT2D eigenvalue weighted by atomic mass is 9.86. The van der Waals surface area contributed by atoms with Crippen LogP contribution in [0.25, 0.3) is 0 Å². The van der Waals surface area contributed by atoms with Crippen molar-refractivity contribution in [2.75, 3.05) is 19.7 Å². The van der Waals surface area contributed by atoms with E-state index in [1.54, 1.807) is 0 Å². The van der Waals surface area contributed by atoms with Crippen LogP contribution < -0.4 is 10.1 Å². The molecule has 0 aromatic heterocycles. The topological polar surface area (TPSA) is 95.9 Å². The molecule has 3 N–H and O–H groups in total. The van der Waals surface area contributed by atoms with Gasteiger partial charge in [-0.25, -0.2) is 4.79 Å². The number of hydrogen-bond acceptors (Lipinski definition) is 4. The summed E-state index contributed by atoms with van der Waals surface area (Å²) in [6, 6.07) is 16.9. The fourth-order valence-corrected chi connectivity index (χ4v) is 2.76. The number of ether oxygens (including phenoxy) is 1. The third-order valence-electron chi connectivity index (χ3n) is 4.75. The number of rotatable bonds is 10. The van der Waals surface area contributed by atoms with E-state index in [0.29, 0.717) is 13.2 Å². The molecule has 0 unspecified atom stereocenters. The van der Waals surface area contributed by atoms with Crippen LogP contribution in [0.15, 0.2) is 48.5 Å². The second-order valence-electron chi connectivity index (χ2n) is 8.64. The lowest BCUT2D eigenvalue weighted by Gasteiger charge is -2.19. The summed E-state index contributed by atoms with van der Waals surface area (Å²) in [5.41, 5.74) is 4.03. The molecule has 2 rings (SSSR count). The first-order valence-corrected chi connectivity index (χ1v) is 10.8. The Labute approximate surface area is 197 Å². The summed E-state index contributed by atoms with van der Waals surface area (Å²) in [6.07, 6.45) is -3.16. The molecular weight excluding hydrogens is 451 g/mol. The maximum Gasteiger partial charge on any atom is 0.490 e. The van der Waals surface area contributed by atoms with E-state index in [1.807, 2.05) is 12.1 Å². The first-order valence-electron chi connectivity index (χ1n) is 10.8. The second-order valence-corrected chi connectivity index (χ2v) is 8.64. The van der Waals surface area contributed by atoms with Crippen molar-refractivity contribution in [3.8, 4) is 5.75 Å². The van der Waals surface area contributed by atoms with Crippen molar-refractivity contribution in [3.05, 3.63) is 65.2 Å². The predicted octanol–water partition coefficient (Wildman–Crippen LogP) is 4.85. The number of carboxylic acid groups (broad SMARTS) is 2. The SMILES string of the molecule is CC(C)(C)c1ccc(CCOc2ccc(CCNCCC(=O)O)cc2)cc1.O=C(O)C(F)(F)F. The van der Waals surface area contributed by atoms with Gasteiger partial charge in [-0.1, -0.05) is 57.2 Å². The fourth-order valence-electron chi connectivity index (χ4n) is 2.76. The minimum absolute atomic E-state index is 0.158. The monoisotopic (exact) mass is 483 g/mol. The molecule has 0 aliphatic heterocycles. The summed E-state index contributed by atoms with van der Waals surface area (Å²) in [5, 5.41) is 18.9. The maximum atomic E-state index is 10.6. The lowest BCUT2D eigenvalue weighted by Crippen LogP contribution is -2.21. The fraction of sp³-hybridized carbons (Fsp3) is 0.440. The molecule has 0 amide bonds. The summed E-state index contributed by atoms with van der Waals surface area (Å²) >= 11 is 0. The average molecular weight is 484 g/mol. The first-order chi connectivity index (χ1) is 15.8. The molecule has 0 aliphatic carbocycles. The Balaban J connectivity index is 0.000000718. The number of benzene rings is 2. The third-order valence-corrected chi connectivity index (χ3v) is 4.75. The number of aliphatic carboxylic acids is 2. The van der Waals surface area contributed by atoms with E-state index in [9.17, 15) is 18.0 Å². The molecule has 0 saturated heterocycles. The van der Waals surface area contributed by atoms with Gasteiger partial charge in [0.05, 0.1) is 13.0 Å². The van der Waals surface area contributed by atoms with Crippen molar-refractivity contribution in [1.29, 1.82) is 0 Å². The van der Waals surface area contributed by atoms with Crippen LogP contribution >= 0.6 is 0 Å². The molecule has 6 nitrogen and oxygen atoms in total. The van der Waals surface area contributed by atoms with Gasteiger partial charge in [0.25, 0.3) is 0 Å². The van der Waals surface area contributed by atoms with Gasteiger partial charge in [-0.05, 0) is 47.2 Å². The molecule has 0 radical (unpaired) electrons. The van der Waals surface area contributed by atoms with Gasteiger partial charge < -0.3 is 20.3 Å². The zero-order valence-corrected chi connectivity index (χ0v) is 19.6. The Morgan fingerprint density at radius 3 is 1.82 bits per heavy atom. The van der Waals surface area contributed by atoms with Crippen LogP contribution in [-0.2, 0) is 27.8 Å². The van der Waals surface area contributed by atoms with Gasteiger partial charge in [0.2, 0.25) is 0 Å². The molecule has 0 fully saturated rings. The molecular formula is C25H32F3NO5. The van der Waals surface area contributed by atoms with Gasteiger partial charge in [-0.3, -0.25) is 4.79 Å². The molecule has 0 saturated carbocycles. The van der Waals surface area contributed by atoms with E-state index < -0.39 is 18.1 Å². The predicted molar refractivity (Wildman–Crippen MR) is 123 cm³/mol. The van der Waals surface area contributed by atoms with E-state index >= 15 is 0 Å². The molecule has 0 aliphatic rings. The van der Waals surface area contributed by atoms with Crippen LogP contribution in [0.5, 0.6) is 5.75 Å². The van der Waals surface area contributed by atoms with E-state index in [4.69, 9.17) is 19.7 Å². The van der Waals surface area contributed by atoms with Gasteiger partial charge >= 0.3 is 18.1 Å². The minimum atomic E-state index is -5.08. The van der Waals surface area contributed by atoms with Crippen LogP contribution in [-0.4, -0.2) is 48.0 Å². The van der Waals surface area contributed by atoms with E-state index in [-0.39, 0.29) is 11.8 Å². The number of halogens is 3. The van der Waals surface area contributed by atoms with Gasteiger partial charge in [0.1, 0.15) is 5.75 Å². The van der Waals surface area contributed by atoms with Crippen molar-refractivity contribution < 1.29 is 37.7 Å². The summed E-state index contributed by atoms with van der Waals surface area (Å²) in [5.74, 6) is -2.65. The van der Waals surface area contributed by atoms with Crippen LogP contribution in [0.3, 0.4) is 0 Å². The van der Waals surface area contributed by atoms with Crippen LogP contribution in [0.4, 0.5) is 13.2 Å². The normalized spacial score (nSPS) is 11.4. The highest BCUT2D eigenvalue weighted by atomic mass is 19.4. The molecule has 2 aromatic carbocycles. The molecule has 0 atom stereocenters. The number of alkyl halides is 3. The quantitative estimate of drug-likeness (QED) is 0.419. The number of hydrogen-bond donors (Lipinski definition) is 3. The highest BCUT2D eigenvalue weighted by Crippen LogP contribution is 2.22. The van der Waals surface area contributed by atoms with E-state index in [2.05, 4.69) is 62.5 Å². The zero-order valence-electron chi connectivity index (χ0n) is 19.6. The molecule has 0 spiro atoms. The standard InChI is InChI=1S/C23H31NO3.C2HF3O2/c1-23(2,3)20-8-4-19(5-9-20)14-17-27-21-10-6-18(7-11-21)12-15-24-16-13-22(25)26;3-2(4,5)1(6)7/h4-11,24H,12-17H2,1-3H3,(H,25,26);(H,6,7). The van der Waals surface area contributed by atoms with Crippen molar-refractivity contribution in [3.63, 3.8) is 0 Å². The van der Waals surface area contributed by atoms with Crippen molar-refractivity contribution in [1.82, 2.24) is 5.32 Å². The van der Waals surface area contributed by atoms with Gasteiger partial charge in [-0.2, -0.15) is 13.2 Å². The summed E-state index contributed by atoms with van der Waals surface area (Å²) in [6.45, 7) is 8.61. The zero-order chi connectivity index (χ0) is 25.8. The van der Waals surface area contributed by atoms with Crippen molar-refractivity contribution in [2.24, 2.45) is 0 Å². The molecule has 9 heteroatoms. The number of nitrogens with one attached hydrogen (secondary N) is 1. The number of carbonyl (C=O) groups is 2. The summed E-state index contributed by atoms with van der Waals surface area (Å²) < 4.78 is 37.6. The largest absolute Gasteiger partial charge is 0.493 e. The van der Waals surface area contributed by atoms with Crippen molar-refractivity contribution in [2.45, 2.75) is 51.6 Å². The molecule has 34 heavy (non-hydrogen) atoms. The van der Waals surface area contributed by atoms with E-state index in [1.165, 1.54) is 16.7 Å². The van der Waals surface area contributed by atoms with Gasteiger partial charge in [-0.15, -0.1) is 0 Å². The van der Waals surface area contributed by atoms with E-state index in [0.717, 1.165) is 25.1 Å². The summed E-state index contributed by atoms with van der Waals surface area (Å²) in [7, 11) is 0. The average Bonchev–Trinajstić information content (AvgIpc) is 2.74. The maximum absolute atomic E-state index is 10.6. The molecule has 0 bridgehead atoms. The smallest absolute Gasteiger partial charge is 0.490 e. The Hall–Kier alpha value is -3.07. The van der Waals surface area contributed by atoms with Crippen LogP contribution in [0.2, 0.25) is 0 Å². The van der Waals surface area contributed by atoms with Crippen LogP contribution in [0.1, 0.15) is 43.9 Å². The Morgan fingerprint density at radius 2 is 1.35 bits per heavy atom. The minimum Gasteiger partial charge on any atom is -0.493 e. The summed E-state index contributed by atoms with van der Waals surface area (Å²) in [4.78, 5) is 19.3. The highest BCUT2D eigenvalue weighted by molar-refractivity contribution is 5.73. The number of carboxylic acids is 2. The molecule has 188 valence electrons. The Kier molecular flexibility index (Phi) is 11.6. The molecule has 2 aromatic rings. The van der Waals surface area contributed by atoms with Gasteiger partial charge in [0, 0.05) is 13.0 Å².